The molecule has 0 aliphatic carbocycles. The lowest BCUT2D eigenvalue weighted by atomic mass is 10.2. The van der Waals surface area contributed by atoms with Crippen LogP contribution in [0.25, 0.3) is 0 Å². The fourth-order valence-corrected chi connectivity index (χ4v) is 1.66. The lowest BCUT2D eigenvalue weighted by molar-refractivity contribution is -0.383. The van der Waals surface area contributed by atoms with Crippen molar-refractivity contribution in [3.05, 3.63) is 16.4 Å². The average Bonchev–Trinajstić information content (AvgIpc) is 2.74. The first-order valence-electron chi connectivity index (χ1n) is 5.11. The van der Waals surface area contributed by atoms with Crippen LogP contribution in [0.15, 0.2) is 6.33 Å². The van der Waals surface area contributed by atoms with Gasteiger partial charge in [-0.3, -0.25) is 14.9 Å². The molecule has 2 heterocycles. The van der Waals surface area contributed by atoms with E-state index in [1.54, 1.807) is 0 Å². The summed E-state index contributed by atoms with van der Waals surface area (Å²) >= 11 is 0. The molecule has 1 aliphatic rings. The van der Waals surface area contributed by atoms with E-state index in [9.17, 15) is 14.9 Å². The molecule has 2 rings (SSSR count). The van der Waals surface area contributed by atoms with Gasteiger partial charge in [0.15, 0.2) is 0 Å². The number of nitro groups is 1. The van der Waals surface area contributed by atoms with Crippen molar-refractivity contribution in [2.75, 3.05) is 17.3 Å². The van der Waals surface area contributed by atoms with Gasteiger partial charge in [-0.1, -0.05) is 0 Å². The van der Waals surface area contributed by atoms with E-state index in [0.29, 0.717) is 6.54 Å². The number of anilines is 2. The molecule has 5 N–H and O–H groups in total. The Labute approximate surface area is 101 Å². The number of rotatable bonds is 4. The van der Waals surface area contributed by atoms with Gasteiger partial charge in [0.1, 0.15) is 6.33 Å². The van der Waals surface area contributed by atoms with Crippen LogP contribution in [0.3, 0.4) is 0 Å². The second-order valence-corrected chi connectivity index (χ2v) is 3.67. The number of hydrazine groups is 1. The number of carbonyl (C=O) groups excluding carboxylic acids is 1. The number of nitrogens with zero attached hydrogens (tertiary/aromatic N) is 3. The van der Waals surface area contributed by atoms with Gasteiger partial charge >= 0.3 is 5.69 Å². The van der Waals surface area contributed by atoms with E-state index in [1.807, 2.05) is 0 Å². The van der Waals surface area contributed by atoms with Crippen LogP contribution >= 0.6 is 0 Å². The zero-order valence-electron chi connectivity index (χ0n) is 9.21. The Morgan fingerprint density at radius 3 is 2.78 bits per heavy atom. The molecule has 0 saturated carbocycles. The summed E-state index contributed by atoms with van der Waals surface area (Å²) in [5.41, 5.74) is 1.79. The number of nitrogens with one attached hydrogen (secondary N) is 3. The maximum Gasteiger partial charge on any atom is 0.354 e. The van der Waals surface area contributed by atoms with Gasteiger partial charge in [0.25, 0.3) is 0 Å². The van der Waals surface area contributed by atoms with Crippen LogP contribution in [-0.4, -0.2) is 33.4 Å². The zero-order valence-corrected chi connectivity index (χ0v) is 9.21. The van der Waals surface area contributed by atoms with Crippen LogP contribution in [0, 0.1) is 10.1 Å². The lowest BCUT2D eigenvalue weighted by Crippen LogP contribution is -2.24. The molecule has 1 unspecified atom stereocenters. The molecule has 1 saturated heterocycles. The molecule has 0 bridgehead atoms. The molecule has 0 aromatic carbocycles. The molecular formula is C8H11N7O3. The number of aromatic nitrogens is 2. The summed E-state index contributed by atoms with van der Waals surface area (Å²) in [6.45, 7) is 0.394. The quantitative estimate of drug-likeness (QED) is 0.302. The molecule has 1 amide bonds. The zero-order chi connectivity index (χ0) is 13.1. The van der Waals surface area contributed by atoms with Gasteiger partial charge in [0, 0.05) is 13.0 Å². The predicted octanol–water partition coefficient (Wildman–Crippen LogP) is -1.03. The fourth-order valence-electron chi connectivity index (χ4n) is 1.66. The Morgan fingerprint density at radius 2 is 2.22 bits per heavy atom. The van der Waals surface area contributed by atoms with Crippen molar-refractivity contribution in [2.24, 2.45) is 5.84 Å². The van der Waals surface area contributed by atoms with Crippen molar-refractivity contribution in [3.8, 4) is 0 Å². The van der Waals surface area contributed by atoms with Crippen molar-refractivity contribution in [2.45, 2.75) is 12.5 Å². The van der Waals surface area contributed by atoms with E-state index in [-0.39, 0.29) is 35.7 Å². The van der Waals surface area contributed by atoms with E-state index in [1.165, 1.54) is 0 Å². The molecule has 1 atom stereocenters. The second-order valence-electron chi connectivity index (χ2n) is 3.67. The molecule has 10 heteroatoms. The molecule has 96 valence electrons. The summed E-state index contributed by atoms with van der Waals surface area (Å²) in [4.78, 5) is 28.8. The number of carbonyl (C=O) groups is 1. The minimum Gasteiger partial charge on any atom is -0.359 e. The second kappa shape index (κ2) is 4.79. The first kappa shape index (κ1) is 12.0. The third-order valence-electron chi connectivity index (χ3n) is 2.46. The smallest absolute Gasteiger partial charge is 0.354 e. The van der Waals surface area contributed by atoms with E-state index in [4.69, 9.17) is 5.84 Å². The molecule has 1 aliphatic heterocycles. The topological polar surface area (TPSA) is 148 Å². The minimum absolute atomic E-state index is 0.0319. The number of hydrogen-bond donors (Lipinski definition) is 4. The highest BCUT2D eigenvalue weighted by molar-refractivity contribution is 5.80. The van der Waals surface area contributed by atoms with Crippen LogP contribution in [0.2, 0.25) is 0 Å². The Balaban J connectivity index is 2.26. The monoisotopic (exact) mass is 253 g/mol. The number of hydrogen-bond acceptors (Lipinski definition) is 8. The van der Waals surface area contributed by atoms with Crippen LogP contribution in [-0.2, 0) is 4.79 Å². The van der Waals surface area contributed by atoms with Gasteiger partial charge in [-0.15, -0.1) is 0 Å². The highest BCUT2D eigenvalue weighted by Crippen LogP contribution is 2.28. The van der Waals surface area contributed by atoms with Crippen LogP contribution in [0.4, 0.5) is 17.3 Å². The molecule has 18 heavy (non-hydrogen) atoms. The Kier molecular flexibility index (Phi) is 3.19. The largest absolute Gasteiger partial charge is 0.359 e. The molecule has 0 radical (unpaired) electrons. The van der Waals surface area contributed by atoms with Gasteiger partial charge in [-0.2, -0.15) is 0 Å². The van der Waals surface area contributed by atoms with E-state index in [0.717, 1.165) is 6.33 Å². The maximum atomic E-state index is 11.0. The summed E-state index contributed by atoms with van der Waals surface area (Å²) in [5, 5.41) is 16.4. The Bertz CT molecular complexity index is 492. The van der Waals surface area contributed by atoms with Crippen molar-refractivity contribution in [1.29, 1.82) is 0 Å². The molecule has 0 spiro atoms. The van der Waals surface area contributed by atoms with Crippen molar-refractivity contribution < 1.29 is 9.72 Å². The number of amides is 1. The summed E-state index contributed by atoms with van der Waals surface area (Å²) in [6, 6.07) is -0.239. The summed E-state index contributed by atoms with van der Waals surface area (Å²) in [5.74, 6) is 4.98. The van der Waals surface area contributed by atoms with Gasteiger partial charge < -0.3 is 16.1 Å². The highest BCUT2D eigenvalue weighted by atomic mass is 16.6. The first-order valence-corrected chi connectivity index (χ1v) is 5.11. The molecule has 1 aromatic rings. The van der Waals surface area contributed by atoms with E-state index in [2.05, 4.69) is 26.0 Å². The third-order valence-corrected chi connectivity index (χ3v) is 2.46. The Hall–Kier alpha value is -2.49. The van der Waals surface area contributed by atoms with Gasteiger partial charge in [0.05, 0.1) is 11.0 Å². The molecule has 10 nitrogen and oxygen atoms in total. The van der Waals surface area contributed by atoms with Crippen molar-refractivity contribution in [1.82, 2.24) is 15.3 Å². The molecule has 1 fully saturated rings. The Morgan fingerprint density at radius 1 is 1.50 bits per heavy atom. The SMILES string of the molecule is NNc1ncnc(NC2CNC(=O)C2)c1[N+](=O)[O-]. The van der Waals surface area contributed by atoms with Crippen LogP contribution < -0.4 is 21.9 Å². The number of nitrogens with two attached hydrogens (primary N) is 1. The summed E-state index contributed by atoms with van der Waals surface area (Å²) in [6.07, 6.45) is 1.39. The predicted molar refractivity (Wildman–Crippen MR) is 61.5 cm³/mol. The van der Waals surface area contributed by atoms with E-state index < -0.39 is 4.92 Å². The van der Waals surface area contributed by atoms with Gasteiger partial charge in [-0.05, 0) is 0 Å². The average molecular weight is 253 g/mol. The van der Waals surface area contributed by atoms with Crippen LogP contribution in [0.5, 0.6) is 0 Å². The first-order chi connectivity index (χ1) is 8.61. The minimum atomic E-state index is -0.637. The van der Waals surface area contributed by atoms with E-state index >= 15 is 0 Å². The maximum absolute atomic E-state index is 11.0. The van der Waals surface area contributed by atoms with Gasteiger partial charge in [0.2, 0.25) is 17.5 Å². The summed E-state index contributed by atoms with van der Waals surface area (Å²) < 4.78 is 0. The van der Waals surface area contributed by atoms with Gasteiger partial charge in [-0.25, -0.2) is 15.8 Å². The standard InChI is InChI=1S/C8H11N7O3/c9-14-8-6(15(17)18)7(11-3-12-8)13-4-1-5(16)10-2-4/h3-4H,1-2,9H2,(H,10,16)(H2,11,12,13,14). The van der Waals surface area contributed by atoms with Crippen molar-refractivity contribution >= 4 is 23.2 Å². The molecule has 1 aromatic heterocycles. The highest BCUT2D eigenvalue weighted by Gasteiger charge is 2.27. The fraction of sp³-hybridized carbons (Fsp3) is 0.375. The van der Waals surface area contributed by atoms with Crippen LogP contribution in [0.1, 0.15) is 6.42 Å². The molecular weight excluding hydrogens is 242 g/mol. The lowest BCUT2D eigenvalue weighted by Gasteiger charge is -2.11. The summed E-state index contributed by atoms with van der Waals surface area (Å²) in [7, 11) is 0. The number of nitrogen functional groups attached to an aromatic ring is 1. The third kappa shape index (κ3) is 2.27. The van der Waals surface area contributed by atoms with Crippen molar-refractivity contribution in [3.63, 3.8) is 0 Å². The normalized spacial score (nSPS) is 18.3.